The summed E-state index contributed by atoms with van der Waals surface area (Å²) in [5, 5.41) is 9.66. The Morgan fingerprint density at radius 2 is 1.79 bits per heavy atom. The van der Waals surface area contributed by atoms with E-state index in [0.29, 0.717) is 22.6 Å². The van der Waals surface area contributed by atoms with Crippen LogP contribution in [0.3, 0.4) is 0 Å². The van der Waals surface area contributed by atoms with Gasteiger partial charge in [0.05, 0.1) is 11.2 Å². The van der Waals surface area contributed by atoms with E-state index in [9.17, 15) is 0 Å². The molecular weight excluding hydrogens is 430 g/mol. The molecule has 0 spiro atoms. The normalized spacial score (nSPS) is 11.2. The third-order valence-corrected chi connectivity index (χ3v) is 5.35. The van der Waals surface area contributed by atoms with Crippen molar-refractivity contribution in [3.05, 3.63) is 79.3 Å². The Morgan fingerprint density at radius 3 is 2.68 bits per heavy atom. The predicted molar refractivity (Wildman–Crippen MR) is 131 cm³/mol. The average molecular weight is 449 g/mol. The van der Waals surface area contributed by atoms with Crippen molar-refractivity contribution in [1.82, 2.24) is 29.7 Å². The number of hydrogen-bond donors (Lipinski definition) is 4. The average Bonchev–Trinajstić information content (AvgIpc) is 3.46. The molecule has 166 valence electrons. The quantitative estimate of drug-likeness (QED) is 0.303. The molecule has 0 aliphatic heterocycles. The van der Waals surface area contributed by atoms with Crippen LogP contribution in [-0.2, 0) is 0 Å². The van der Waals surface area contributed by atoms with E-state index in [0.717, 1.165) is 28.0 Å². The van der Waals surface area contributed by atoms with E-state index >= 15 is 0 Å². The van der Waals surface area contributed by atoms with Crippen LogP contribution in [0, 0.1) is 0 Å². The molecule has 0 atom stereocenters. The van der Waals surface area contributed by atoms with Gasteiger partial charge in [0, 0.05) is 35.7 Å². The first-order chi connectivity index (χ1) is 16.7. The summed E-state index contributed by atoms with van der Waals surface area (Å²) in [5.74, 6) is 2.20. The van der Waals surface area contributed by atoms with Gasteiger partial charge in [0.2, 0.25) is 5.95 Å². The first-order valence-electron chi connectivity index (χ1n) is 10.5. The second-order valence-electron chi connectivity index (χ2n) is 7.58. The molecule has 0 saturated carbocycles. The van der Waals surface area contributed by atoms with Crippen molar-refractivity contribution in [2.45, 2.75) is 0 Å². The Labute approximate surface area is 193 Å². The van der Waals surface area contributed by atoms with Crippen molar-refractivity contribution < 1.29 is 4.74 Å². The first kappa shape index (κ1) is 19.6. The number of fused-ring (bicyclic) bond motifs is 2. The Balaban J connectivity index is 1.39. The lowest BCUT2D eigenvalue weighted by molar-refractivity contribution is 0.487. The van der Waals surface area contributed by atoms with E-state index in [1.807, 2.05) is 66.9 Å². The number of rotatable bonds is 5. The van der Waals surface area contributed by atoms with Crippen LogP contribution < -0.4 is 21.5 Å². The highest BCUT2D eigenvalue weighted by atomic mass is 16.5. The Bertz CT molecular complexity index is 1640. The summed E-state index contributed by atoms with van der Waals surface area (Å²) in [7, 11) is 0. The fourth-order valence-electron chi connectivity index (χ4n) is 3.86. The number of hydrogen-bond acceptors (Lipinski definition) is 8. The van der Waals surface area contributed by atoms with Crippen LogP contribution in [0.4, 0.5) is 23.3 Å². The maximum Gasteiger partial charge on any atom is 0.224 e. The number of H-pyrrole nitrogens is 1. The van der Waals surface area contributed by atoms with Gasteiger partial charge in [-0.3, -0.25) is 4.98 Å². The van der Waals surface area contributed by atoms with Gasteiger partial charge >= 0.3 is 0 Å². The molecule has 2 aromatic carbocycles. The molecule has 0 unspecified atom stereocenters. The predicted octanol–water partition coefficient (Wildman–Crippen LogP) is 4.39. The molecular formula is C24H19N9O. The summed E-state index contributed by atoms with van der Waals surface area (Å²) in [6.45, 7) is 0. The molecule has 0 aliphatic carbocycles. The topological polar surface area (TPSA) is 146 Å². The molecule has 6 aromatic rings. The smallest absolute Gasteiger partial charge is 0.224 e. The molecule has 0 fully saturated rings. The fraction of sp³-hybridized carbons (Fsp3) is 0. The largest absolute Gasteiger partial charge is 0.455 e. The minimum absolute atomic E-state index is 0.0700. The minimum Gasteiger partial charge on any atom is -0.455 e. The molecule has 0 amide bonds. The number of pyridine rings is 1. The number of para-hydroxylation sites is 1. The van der Waals surface area contributed by atoms with Gasteiger partial charge in [-0.15, -0.1) is 5.10 Å². The number of anilines is 4. The highest BCUT2D eigenvalue weighted by Gasteiger charge is 2.18. The molecule has 0 saturated heterocycles. The van der Waals surface area contributed by atoms with Crippen molar-refractivity contribution in [3.8, 4) is 17.2 Å². The standard InChI is InChI=1S/C24H19N9O/c25-21-19-22(32-33(16-8-10-27-11-9-16)23(19)31-24(26)30-21)29-15-4-2-5-17(13-15)34-18-6-1-3-14-7-12-28-20(14)18/h1-13,28H,(H,29,32)(H4,25,26,30,31). The van der Waals surface area contributed by atoms with E-state index < -0.39 is 0 Å². The van der Waals surface area contributed by atoms with E-state index in [-0.39, 0.29) is 11.8 Å². The zero-order valence-corrected chi connectivity index (χ0v) is 17.8. The second kappa shape index (κ2) is 7.78. The molecule has 4 aromatic heterocycles. The zero-order chi connectivity index (χ0) is 23.1. The number of benzene rings is 2. The molecule has 0 radical (unpaired) electrons. The lowest BCUT2D eigenvalue weighted by atomic mass is 10.2. The SMILES string of the molecule is Nc1nc(N)c2c(Nc3cccc(Oc4cccc5cc[nH]c45)c3)nn(-c3ccncc3)c2n1. The van der Waals surface area contributed by atoms with Gasteiger partial charge in [-0.1, -0.05) is 18.2 Å². The Kier molecular flexibility index (Phi) is 4.48. The van der Waals surface area contributed by atoms with Gasteiger partial charge in [0.1, 0.15) is 17.0 Å². The van der Waals surface area contributed by atoms with E-state index in [2.05, 4.69) is 25.3 Å². The number of ether oxygens (including phenoxy) is 1. The van der Waals surface area contributed by atoms with Gasteiger partial charge in [-0.05, 0) is 36.4 Å². The maximum absolute atomic E-state index is 6.21. The second-order valence-corrected chi connectivity index (χ2v) is 7.58. The van der Waals surface area contributed by atoms with Gasteiger partial charge in [-0.2, -0.15) is 9.97 Å². The number of nitrogens with zero attached hydrogens (tertiary/aromatic N) is 5. The third-order valence-electron chi connectivity index (χ3n) is 5.35. The molecule has 0 bridgehead atoms. The summed E-state index contributed by atoms with van der Waals surface area (Å²) in [6, 6.07) is 19.1. The minimum atomic E-state index is 0.0700. The number of nitrogens with one attached hydrogen (secondary N) is 2. The van der Waals surface area contributed by atoms with Crippen LogP contribution in [0.2, 0.25) is 0 Å². The summed E-state index contributed by atoms with van der Waals surface area (Å²) in [5.41, 5.74) is 15.0. The molecule has 10 heteroatoms. The van der Waals surface area contributed by atoms with Crippen LogP contribution in [0.25, 0.3) is 27.6 Å². The highest BCUT2D eigenvalue weighted by Crippen LogP contribution is 2.33. The van der Waals surface area contributed by atoms with Gasteiger partial charge in [-0.25, -0.2) is 4.68 Å². The van der Waals surface area contributed by atoms with E-state index in [4.69, 9.17) is 21.3 Å². The fourth-order valence-corrected chi connectivity index (χ4v) is 3.86. The number of aromatic amines is 1. The van der Waals surface area contributed by atoms with E-state index in [1.165, 1.54) is 0 Å². The third kappa shape index (κ3) is 3.39. The summed E-state index contributed by atoms with van der Waals surface area (Å²) in [6.07, 6.45) is 5.24. The molecule has 34 heavy (non-hydrogen) atoms. The lowest BCUT2D eigenvalue weighted by Crippen LogP contribution is -2.03. The summed E-state index contributed by atoms with van der Waals surface area (Å²) in [4.78, 5) is 15.8. The van der Waals surface area contributed by atoms with Gasteiger partial charge < -0.3 is 26.5 Å². The Hall–Kier alpha value is -5.12. The number of aromatic nitrogens is 6. The van der Waals surface area contributed by atoms with Crippen molar-refractivity contribution in [1.29, 1.82) is 0 Å². The first-order valence-corrected chi connectivity index (χ1v) is 10.5. The molecule has 6 rings (SSSR count). The number of nitrogen functional groups attached to an aromatic ring is 2. The van der Waals surface area contributed by atoms with Crippen molar-refractivity contribution in [2.24, 2.45) is 0 Å². The Morgan fingerprint density at radius 1 is 0.941 bits per heavy atom. The van der Waals surface area contributed by atoms with Crippen molar-refractivity contribution >= 4 is 45.2 Å². The van der Waals surface area contributed by atoms with Crippen molar-refractivity contribution in [2.75, 3.05) is 16.8 Å². The summed E-state index contributed by atoms with van der Waals surface area (Å²) >= 11 is 0. The van der Waals surface area contributed by atoms with Crippen LogP contribution in [0.5, 0.6) is 11.5 Å². The van der Waals surface area contributed by atoms with Crippen LogP contribution >= 0.6 is 0 Å². The molecule has 10 nitrogen and oxygen atoms in total. The lowest BCUT2D eigenvalue weighted by Gasteiger charge is -2.10. The van der Waals surface area contributed by atoms with Crippen molar-refractivity contribution in [3.63, 3.8) is 0 Å². The number of nitrogens with two attached hydrogens (primary N) is 2. The van der Waals surface area contributed by atoms with E-state index in [1.54, 1.807) is 17.1 Å². The van der Waals surface area contributed by atoms with Gasteiger partial charge in [0.15, 0.2) is 17.2 Å². The maximum atomic E-state index is 6.21. The zero-order valence-electron chi connectivity index (χ0n) is 17.8. The van der Waals surface area contributed by atoms with Crippen LogP contribution in [-0.4, -0.2) is 29.7 Å². The van der Waals surface area contributed by atoms with Crippen LogP contribution in [0.15, 0.2) is 79.3 Å². The molecule has 6 N–H and O–H groups in total. The molecule has 4 heterocycles. The monoisotopic (exact) mass is 449 g/mol. The highest BCUT2D eigenvalue weighted by molar-refractivity contribution is 5.98. The molecule has 0 aliphatic rings. The van der Waals surface area contributed by atoms with Crippen LogP contribution in [0.1, 0.15) is 0 Å². The summed E-state index contributed by atoms with van der Waals surface area (Å²) < 4.78 is 7.81. The van der Waals surface area contributed by atoms with Gasteiger partial charge in [0.25, 0.3) is 0 Å².